The smallest absolute Gasteiger partial charge is 0.229 e. The van der Waals surface area contributed by atoms with Crippen molar-refractivity contribution in [2.75, 3.05) is 32.0 Å². The average Bonchev–Trinajstić information content (AvgIpc) is 2.73. The van der Waals surface area contributed by atoms with E-state index in [9.17, 15) is 0 Å². The van der Waals surface area contributed by atoms with E-state index in [0.717, 1.165) is 11.4 Å². The lowest BCUT2D eigenvalue weighted by atomic mass is 10.0. The Kier molecular flexibility index (Phi) is 6.39. The molecule has 2 aromatic carbocycles. The van der Waals surface area contributed by atoms with Crippen molar-refractivity contribution in [1.82, 2.24) is 9.97 Å². The first-order valence-electron chi connectivity index (χ1n) is 9.31. The minimum absolute atomic E-state index is 0.447. The zero-order chi connectivity index (χ0) is 20.8. The van der Waals surface area contributed by atoms with Crippen LogP contribution in [-0.2, 0) is 0 Å². The van der Waals surface area contributed by atoms with Gasteiger partial charge in [-0.3, -0.25) is 0 Å². The molecular weight excluding hydrogens is 368 g/mol. The van der Waals surface area contributed by atoms with Crippen molar-refractivity contribution in [2.45, 2.75) is 19.8 Å². The highest BCUT2D eigenvalue weighted by atomic mass is 16.5. The first kappa shape index (κ1) is 20.3. The molecule has 0 radical (unpaired) electrons. The Hall–Kier alpha value is -3.48. The number of hydrogen-bond donors (Lipinski definition) is 2. The molecule has 0 aliphatic rings. The van der Waals surface area contributed by atoms with Crippen molar-refractivity contribution < 1.29 is 14.2 Å². The second-order valence-electron chi connectivity index (χ2n) is 6.71. The Morgan fingerprint density at radius 1 is 0.793 bits per heavy atom. The third kappa shape index (κ3) is 4.87. The molecule has 3 aromatic rings. The van der Waals surface area contributed by atoms with Crippen molar-refractivity contribution in [3.63, 3.8) is 0 Å². The van der Waals surface area contributed by atoms with Gasteiger partial charge in [0.05, 0.1) is 21.3 Å². The summed E-state index contributed by atoms with van der Waals surface area (Å²) in [6.45, 7) is 4.35. The van der Waals surface area contributed by atoms with Crippen LogP contribution in [0.25, 0.3) is 0 Å². The molecule has 0 aliphatic heterocycles. The van der Waals surface area contributed by atoms with E-state index >= 15 is 0 Å². The Balaban J connectivity index is 1.79. The Morgan fingerprint density at radius 3 is 2.00 bits per heavy atom. The Morgan fingerprint density at radius 2 is 1.45 bits per heavy atom. The van der Waals surface area contributed by atoms with Crippen molar-refractivity contribution in [3.05, 3.63) is 54.2 Å². The van der Waals surface area contributed by atoms with E-state index in [-0.39, 0.29) is 0 Å². The van der Waals surface area contributed by atoms with Gasteiger partial charge < -0.3 is 24.8 Å². The van der Waals surface area contributed by atoms with Crippen molar-refractivity contribution >= 4 is 23.1 Å². The fourth-order valence-electron chi connectivity index (χ4n) is 2.87. The zero-order valence-corrected chi connectivity index (χ0v) is 17.3. The van der Waals surface area contributed by atoms with Gasteiger partial charge in [-0.05, 0) is 29.7 Å². The van der Waals surface area contributed by atoms with Crippen LogP contribution in [-0.4, -0.2) is 31.3 Å². The summed E-state index contributed by atoms with van der Waals surface area (Å²) in [7, 11) is 4.72. The second kappa shape index (κ2) is 9.14. The van der Waals surface area contributed by atoms with E-state index < -0.39 is 0 Å². The average molecular weight is 394 g/mol. The van der Waals surface area contributed by atoms with Crippen LogP contribution in [0.5, 0.6) is 17.2 Å². The number of anilines is 4. The molecule has 7 heteroatoms. The molecule has 3 rings (SSSR count). The van der Waals surface area contributed by atoms with Gasteiger partial charge in [0.1, 0.15) is 5.82 Å². The number of ether oxygens (including phenoxy) is 3. The van der Waals surface area contributed by atoms with Crippen LogP contribution in [0.3, 0.4) is 0 Å². The van der Waals surface area contributed by atoms with Gasteiger partial charge in [-0.15, -0.1) is 0 Å². The molecule has 0 aliphatic carbocycles. The van der Waals surface area contributed by atoms with E-state index in [1.54, 1.807) is 39.7 Å². The molecule has 7 nitrogen and oxygen atoms in total. The van der Waals surface area contributed by atoms with Crippen LogP contribution < -0.4 is 24.8 Å². The van der Waals surface area contributed by atoms with Gasteiger partial charge >= 0.3 is 0 Å². The van der Waals surface area contributed by atoms with Crippen LogP contribution in [0.4, 0.5) is 23.1 Å². The maximum atomic E-state index is 5.39. The van der Waals surface area contributed by atoms with Gasteiger partial charge in [0.25, 0.3) is 0 Å². The summed E-state index contributed by atoms with van der Waals surface area (Å²) in [6.07, 6.45) is 1.69. The van der Waals surface area contributed by atoms with Crippen LogP contribution >= 0.6 is 0 Å². The van der Waals surface area contributed by atoms with Crippen molar-refractivity contribution in [1.29, 1.82) is 0 Å². The number of rotatable bonds is 8. The predicted octanol–water partition coefficient (Wildman–Crippen LogP) is 5.11. The number of methoxy groups -OCH3 is 3. The highest BCUT2D eigenvalue weighted by Gasteiger charge is 2.14. The highest BCUT2D eigenvalue weighted by Crippen LogP contribution is 2.40. The molecule has 0 saturated heterocycles. The lowest BCUT2D eigenvalue weighted by molar-refractivity contribution is 0.324. The van der Waals surface area contributed by atoms with Gasteiger partial charge in [-0.25, -0.2) is 4.98 Å². The largest absolute Gasteiger partial charge is 0.493 e. The van der Waals surface area contributed by atoms with E-state index in [1.807, 2.05) is 18.2 Å². The topological polar surface area (TPSA) is 77.5 Å². The number of nitrogens with one attached hydrogen (secondary N) is 2. The summed E-state index contributed by atoms with van der Waals surface area (Å²) in [5.74, 6) is 3.26. The van der Waals surface area contributed by atoms with Crippen LogP contribution in [0.15, 0.2) is 48.7 Å². The fraction of sp³-hybridized carbons (Fsp3) is 0.273. The summed E-state index contributed by atoms with van der Waals surface area (Å²) < 4.78 is 16.1. The van der Waals surface area contributed by atoms with E-state index in [4.69, 9.17) is 14.2 Å². The molecular formula is C22H26N4O3. The minimum atomic E-state index is 0.447. The monoisotopic (exact) mass is 394 g/mol. The maximum absolute atomic E-state index is 5.39. The first-order valence-corrected chi connectivity index (χ1v) is 9.31. The van der Waals surface area contributed by atoms with Gasteiger partial charge in [-0.2, -0.15) is 4.98 Å². The molecule has 0 bridgehead atoms. The number of hydrogen-bond acceptors (Lipinski definition) is 7. The van der Waals surface area contributed by atoms with Crippen molar-refractivity contribution in [2.24, 2.45) is 0 Å². The molecule has 0 fully saturated rings. The quantitative estimate of drug-likeness (QED) is 0.549. The molecule has 0 unspecified atom stereocenters. The SMILES string of the molecule is COc1cc(Nc2nccc(Nc3ccc(C(C)C)cc3)n2)cc(OC)c1OC. The molecule has 0 amide bonds. The molecule has 2 N–H and O–H groups in total. The van der Waals surface area contributed by atoms with Gasteiger partial charge in [0.2, 0.25) is 11.7 Å². The highest BCUT2D eigenvalue weighted by molar-refractivity contribution is 5.66. The number of benzene rings is 2. The lowest BCUT2D eigenvalue weighted by Crippen LogP contribution is -2.02. The molecule has 1 heterocycles. The van der Waals surface area contributed by atoms with Crippen LogP contribution in [0.1, 0.15) is 25.3 Å². The summed E-state index contributed by atoms with van der Waals surface area (Å²) in [5, 5.41) is 6.48. The predicted molar refractivity (Wildman–Crippen MR) is 115 cm³/mol. The van der Waals surface area contributed by atoms with E-state index in [2.05, 4.69) is 46.6 Å². The summed E-state index contributed by atoms with van der Waals surface area (Å²) in [6, 6.07) is 13.7. The van der Waals surface area contributed by atoms with Gasteiger partial charge in [-0.1, -0.05) is 26.0 Å². The molecule has 29 heavy (non-hydrogen) atoms. The fourth-order valence-corrected chi connectivity index (χ4v) is 2.87. The Labute approximate surface area is 171 Å². The first-order chi connectivity index (χ1) is 14.0. The van der Waals surface area contributed by atoms with E-state index in [0.29, 0.717) is 34.9 Å². The molecule has 0 atom stereocenters. The molecule has 1 aromatic heterocycles. The lowest BCUT2D eigenvalue weighted by Gasteiger charge is -2.15. The Bertz CT molecular complexity index is 934. The van der Waals surface area contributed by atoms with Gasteiger partial charge in [0, 0.05) is 29.7 Å². The molecule has 152 valence electrons. The van der Waals surface area contributed by atoms with Crippen LogP contribution in [0.2, 0.25) is 0 Å². The summed E-state index contributed by atoms with van der Waals surface area (Å²) in [5.41, 5.74) is 2.98. The third-order valence-corrected chi connectivity index (χ3v) is 4.43. The summed E-state index contributed by atoms with van der Waals surface area (Å²) >= 11 is 0. The second-order valence-corrected chi connectivity index (χ2v) is 6.71. The standard InChI is InChI=1S/C22H26N4O3/c1-14(2)15-6-8-16(9-7-15)24-20-10-11-23-22(26-20)25-17-12-18(27-3)21(29-5)19(13-17)28-4/h6-14H,1-5H3,(H2,23,24,25,26). The third-order valence-electron chi connectivity index (χ3n) is 4.43. The summed E-state index contributed by atoms with van der Waals surface area (Å²) in [4.78, 5) is 8.82. The number of nitrogens with zero attached hydrogens (tertiary/aromatic N) is 2. The minimum Gasteiger partial charge on any atom is -0.493 e. The van der Waals surface area contributed by atoms with Crippen LogP contribution in [0, 0.1) is 0 Å². The zero-order valence-electron chi connectivity index (χ0n) is 17.3. The van der Waals surface area contributed by atoms with Crippen molar-refractivity contribution in [3.8, 4) is 17.2 Å². The normalized spacial score (nSPS) is 10.6. The maximum Gasteiger partial charge on any atom is 0.229 e. The van der Waals surface area contributed by atoms with Gasteiger partial charge in [0.15, 0.2) is 11.5 Å². The van der Waals surface area contributed by atoms with E-state index in [1.165, 1.54) is 5.56 Å². The molecule has 0 saturated carbocycles. The molecule has 0 spiro atoms. The number of aromatic nitrogens is 2.